The largest absolute Gasteiger partial charge is 0.453 e. The monoisotopic (exact) mass is 338 g/mol. The molecular weight excluding hydrogens is 320 g/mol. The van der Waals surface area contributed by atoms with E-state index in [9.17, 15) is 19.8 Å². The standard InChI is InChI=1S/C15H18N2O7/c1-22-14(20)16-7-10-11(18)12(19)13(16)17(24-10)15(21)23-8-9-5-3-2-4-6-9/h2-6,10-13,18-19H,7-8H2,1H3/t10-,11+,12+,13-/m1/s1. The quantitative estimate of drug-likeness (QED) is 0.785. The molecule has 3 heterocycles. The van der Waals surface area contributed by atoms with Crippen molar-refractivity contribution in [1.82, 2.24) is 9.96 Å². The number of ether oxygens (including phenoxy) is 2. The van der Waals surface area contributed by atoms with Crippen LogP contribution in [0.25, 0.3) is 0 Å². The van der Waals surface area contributed by atoms with Crippen LogP contribution in [0.5, 0.6) is 0 Å². The maximum atomic E-state index is 12.3. The predicted octanol–water partition coefficient (Wildman–Crippen LogP) is 0.0689. The Bertz CT molecular complexity index is 609. The summed E-state index contributed by atoms with van der Waals surface area (Å²) in [6.45, 7) is 0.00578. The van der Waals surface area contributed by atoms with Gasteiger partial charge in [0.25, 0.3) is 0 Å². The average Bonchev–Trinajstić information content (AvgIpc) is 2.63. The number of carbonyl (C=O) groups excluding carboxylic acids is 2. The fraction of sp³-hybridized carbons (Fsp3) is 0.467. The Balaban J connectivity index is 1.72. The molecule has 2 bridgehead atoms. The third-order valence-electron chi connectivity index (χ3n) is 4.02. The number of methoxy groups -OCH3 is 1. The van der Waals surface area contributed by atoms with E-state index in [1.807, 2.05) is 18.2 Å². The molecule has 0 radical (unpaired) electrons. The SMILES string of the molecule is COC(=O)N1C[C@H]2ON(C(=O)OCc3ccccc3)[C@@H]1[C@@H](O)[C@H]2O. The van der Waals surface area contributed by atoms with Crippen LogP contribution in [0.2, 0.25) is 0 Å². The van der Waals surface area contributed by atoms with Gasteiger partial charge in [0.1, 0.15) is 24.9 Å². The summed E-state index contributed by atoms with van der Waals surface area (Å²) in [4.78, 5) is 30.6. The molecule has 1 aromatic rings. The Hall–Kier alpha value is -2.36. The third kappa shape index (κ3) is 2.88. The second kappa shape index (κ2) is 6.63. The van der Waals surface area contributed by atoms with E-state index in [0.717, 1.165) is 15.5 Å². The van der Waals surface area contributed by atoms with Crippen LogP contribution in [-0.2, 0) is 20.9 Å². The molecule has 0 saturated carbocycles. The summed E-state index contributed by atoms with van der Waals surface area (Å²) in [6.07, 6.45) is -6.38. The van der Waals surface area contributed by atoms with Gasteiger partial charge in [0, 0.05) is 0 Å². The van der Waals surface area contributed by atoms with Crippen molar-refractivity contribution >= 4 is 12.2 Å². The molecule has 0 spiro atoms. The molecule has 130 valence electrons. The van der Waals surface area contributed by atoms with Crippen molar-refractivity contribution in [3.63, 3.8) is 0 Å². The van der Waals surface area contributed by atoms with E-state index in [-0.39, 0.29) is 13.2 Å². The molecule has 0 aromatic heterocycles. The number of hydrogen-bond donors (Lipinski definition) is 2. The zero-order valence-corrected chi connectivity index (χ0v) is 12.9. The maximum Gasteiger partial charge on any atom is 0.436 e. The highest BCUT2D eigenvalue weighted by Crippen LogP contribution is 2.32. The highest BCUT2D eigenvalue weighted by atomic mass is 16.8. The smallest absolute Gasteiger partial charge is 0.436 e. The molecule has 24 heavy (non-hydrogen) atoms. The minimum Gasteiger partial charge on any atom is -0.453 e. The topological polar surface area (TPSA) is 109 Å². The molecule has 1 aromatic carbocycles. The zero-order chi connectivity index (χ0) is 17.3. The van der Waals surface area contributed by atoms with Crippen LogP contribution in [0.4, 0.5) is 9.59 Å². The molecular formula is C15H18N2O7. The van der Waals surface area contributed by atoms with Gasteiger partial charge in [-0.25, -0.2) is 9.59 Å². The molecule has 3 fully saturated rings. The number of nitrogens with zero attached hydrogens (tertiary/aromatic N) is 2. The number of hydrogen-bond acceptors (Lipinski definition) is 7. The summed E-state index contributed by atoms with van der Waals surface area (Å²) in [7, 11) is 1.19. The summed E-state index contributed by atoms with van der Waals surface area (Å²) in [5.41, 5.74) is 0.776. The lowest BCUT2D eigenvalue weighted by Gasteiger charge is -2.53. The molecule has 2 N–H and O–H groups in total. The van der Waals surface area contributed by atoms with E-state index in [4.69, 9.17) is 9.57 Å². The van der Waals surface area contributed by atoms with Gasteiger partial charge < -0.3 is 19.7 Å². The highest BCUT2D eigenvalue weighted by Gasteiger charge is 2.56. The molecule has 0 unspecified atom stereocenters. The summed E-state index contributed by atoms with van der Waals surface area (Å²) < 4.78 is 9.80. The first-order valence-corrected chi connectivity index (χ1v) is 7.40. The number of hydroxylamine groups is 2. The molecule has 4 rings (SSSR count). The lowest BCUT2D eigenvalue weighted by molar-refractivity contribution is -0.342. The van der Waals surface area contributed by atoms with Crippen LogP contribution < -0.4 is 0 Å². The minimum absolute atomic E-state index is 0.00195. The molecule has 9 heteroatoms. The molecule has 3 saturated heterocycles. The van der Waals surface area contributed by atoms with Crippen molar-refractivity contribution in [3.8, 4) is 0 Å². The first-order chi connectivity index (χ1) is 11.5. The van der Waals surface area contributed by atoms with Crippen molar-refractivity contribution in [2.75, 3.05) is 13.7 Å². The van der Waals surface area contributed by atoms with Gasteiger partial charge in [0.05, 0.1) is 13.7 Å². The number of benzene rings is 1. The summed E-state index contributed by atoms with van der Waals surface area (Å²) in [5.74, 6) is 0. The molecule has 2 amide bonds. The van der Waals surface area contributed by atoms with Gasteiger partial charge in [-0.2, -0.15) is 5.06 Å². The highest BCUT2D eigenvalue weighted by molar-refractivity contribution is 5.71. The molecule has 4 atom stereocenters. The van der Waals surface area contributed by atoms with Gasteiger partial charge >= 0.3 is 12.2 Å². The lowest BCUT2D eigenvalue weighted by atomic mass is 9.97. The number of rotatable bonds is 2. The van der Waals surface area contributed by atoms with Crippen LogP contribution in [0, 0.1) is 0 Å². The molecule has 0 aliphatic carbocycles. The number of fused-ring (bicyclic) bond motifs is 3. The van der Waals surface area contributed by atoms with E-state index >= 15 is 0 Å². The van der Waals surface area contributed by atoms with Crippen LogP contribution in [0.15, 0.2) is 30.3 Å². The normalized spacial score (nSPS) is 28.6. The third-order valence-corrected chi connectivity index (χ3v) is 4.02. The van der Waals surface area contributed by atoms with E-state index in [1.165, 1.54) is 7.11 Å². The fourth-order valence-electron chi connectivity index (χ4n) is 2.79. The van der Waals surface area contributed by atoms with Crippen LogP contribution >= 0.6 is 0 Å². The van der Waals surface area contributed by atoms with E-state index < -0.39 is 36.7 Å². The van der Waals surface area contributed by atoms with Crippen molar-refractivity contribution in [2.45, 2.75) is 31.1 Å². The average molecular weight is 338 g/mol. The number of carbonyl (C=O) groups is 2. The zero-order valence-electron chi connectivity index (χ0n) is 12.9. The second-order valence-corrected chi connectivity index (χ2v) is 5.53. The summed E-state index contributed by atoms with van der Waals surface area (Å²) in [5, 5.41) is 20.8. The Labute approximate surface area is 137 Å². The van der Waals surface area contributed by atoms with Crippen LogP contribution in [0.1, 0.15) is 5.56 Å². The van der Waals surface area contributed by atoms with E-state index in [0.29, 0.717) is 0 Å². The van der Waals surface area contributed by atoms with E-state index in [1.54, 1.807) is 12.1 Å². The maximum absolute atomic E-state index is 12.3. The number of aliphatic hydroxyl groups excluding tert-OH is 2. The summed E-state index contributed by atoms with van der Waals surface area (Å²) in [6, 6.07) is 9.03. The van der Waals surface area contributed by atoms with Crippen LogP contribution in [0.3, 0.4) is 0 Å². The summed E-state index contributed by atoms with van der Waals surface area (Å²) >= 11 is 0. The van der Waals surface area contributed by atoms with Gasteiger partial charge in [0.15, 0.2) is 6.17 Å². The Morgan fingerprint density at radius 3 is 2.54 bits per heavy atom. The first-order valence-electron chi connectivity index (χ1n) is 7.40. The molecule has 9 nitrogen and oxygen atoms in total. The van der Waals surface area contributed by atoms with Crippen molar-refractivity contribution in [2.24, 2.45) is 0 Å². The van der Waals surface area contributed by atoms with Gasteiger partial charge in [-0.15, -0.1) is 0 Å². The van der Waals surface area contributed by atoms with Crippen molar-refractivity contribution in [1.29, 1.82) is 0 Å². The van der Waals surface area contributed by atoms with Gasteiger partial charge in [-0.05, 0) is 5.56 Å². The lowest BCUT2D eigenvalue weighted by Crippen LogP contribution is -2.75. The van der Waals surface area contributed by atoms with Gasteiger partial charge in [0.2, 0.25) is 0 Å². The van der Waals surface area contributed by atoms with Gasteiger partial charge in [-0.1, -0.05) is 30.3 Å². The molecule has 3 aliphatic rings. The number of aliphatic hydroxyl groups is 2. The Morgan fingerprint density at radius 2 is 1.92 bits per heavy atom. The van der Waals surface area contributed by atoms with Crippen molar-refractivity contribution in [3.05, 3.63) is 35.9 Å². The minimum atomic E-state index is -1.39. The van der Waals surface area contributed by atoms with E-state index in [2.05, 4.69) is 4.74 Å². The second-order valence-electron chi connectivity index (χ2n) is 5.53. The Kier molecular flexibility index (Phi) is 4.56. The Morgan fingerprint density at radius 1 is 1.21 bits per heavy atom. The van der Waals surface area contributed by atoms with Crippen LogP contribution in [-0.4, -0.2) is 70.5 Å². The molecule has 3 aliphatic heterocycles. The first kappa shape index (κ1) is 16.5. The predicted molar refractivity (Wildman–Crippen MR) is 78.3 cm³/mol. The fourth-order valence-corrected chi connectivity index (χ4v) is 2.79. The van der Waals surface area contributed by atoms with Gasteiger partial charge in [-0.3, -0.25) is 9.74 Å². The number of piperidine rings is 1. The van der Waals surface area contributed by atoms with Crippen molar-refractivity contribution < 1.29 is 34.1 Å². The number of amides is 2.